The first-order chi connectivity index (χ1) is 21.9. The Bertz CT molecular complexity index is 1680. The van der Waals surface area contributed by atoms with Crippen molar-refractivity contribution in [1.82, 2.24) is 24.8 Å². The maximum atomic E-state index is 12.9. The Morgan fingerprint density at radius 1 is 0.956 bits per heavy atom. The highest BCUT2D eigenvalue weighted by molar-refractivity contribution is 6.28. The van der Waals surface area contributed by atoms with Gasteiger partial charge in [-0.05, 0) is 41.6 Å². The van der Waals surface area contributed by atoms with Crippen LogP contribution >= 0.6 is 11.6 Å². The first-order valence-corrected chi connectivity index (χ1v) is 15.3. The summed E-state index contributed by atoms with van der Waals surface area (Å²) in [7, 11) is 0. The number of rotatable bonds is 11. The third kappa shape index (κ3) is 6.84. The monoisotopic (exact) mass is 626 g/mol. The second-order valence-electron chi connectivity index (χ2n) is 11.3. The van der Waals surface area contributed by atoms with Crippen molar-refractivity contribution >= 4 is 34.5 Å². The Labute approximate surface area is 266 Å². The molecule has 4 N–H and O–H groups in total. The minimum absolute atomic E-state index is 0.0185. The number of ether oxygens (including phenoxy) is 1. The molecule has 0 saturated heterocycles. The number of fused-ring (bicyclic) bond motifs is 1. The van der Waals surface area contributed by atoms with Crippen LogP contribution in [-0.2, 0) is 16.1 Å². The highest BCUT2D eigenvalue weighted by Crippen LogP contribution is 2.35. The molecule has 0 spiro atoms. The third-order valence-corrected chi connectivity index (χ3v) is 8.49. The normalized spacial score (nSPS) is 20.4. The Morgan fingerprint density at radius 3 is 2.22 bits per heavy atom. The average molecular weight is 627 g/mol. The number of aliphatic hydroxyl groups is 2. The van der Waals surface area contributed by atoms with Crippen LogP contribution in [0, 0.1) is 0 Å². The summed E-state index contributed by atoms with van der Waals surface area (Å²) >= 11 is 6.39. The molecule has 2 aromatic heterocycles. The molecule has 45 heavy (non-hydrogen) atoms. The fourth-order valence-corrected chi connectivity index (χ4v) is 6.02. The van der Waals surface area contributed by atoms with Crippen LogP contribution in [0.5, 0.6) is 0 Å². The van der Waals surface area contributed by atoms with Crippen molar-refractivity contribution in [3.63, 3.8) is 0 Å². The van der Waals surface area contributed by atoms with Gasteiger partial charge in [-0.1, -0.05) is 91.0 Å². The first-order valence-electron chi connectivity index (χ1n) is 14.9. The summed E-state index contributed by atoms with van der Waals surface area (Å²) in [5, 5.41) is 28.2. The number of nitrogens with one attached hydrogen (secondary N) is 2. The molecule has 5 aromatic rings. The van der Waals surface area contributed by atoms with E-state index in [0.29, 0.717) is 23.5 Å². The van der Waals surface area contributed by atoms with Gasteiger partial charge in [0.25, 0.3) is 0 Å². The minimum atomic E-state index is -1.20. The summed E-state index contributed by atoms with van der Waals surface area (Å²) < 4.78 is 7.42. The van der Waals surface area contributed by atoms with Crippen molar-refractivity contribution < 1.29 is 19.7 Å². The number of nitrogens with zero attached hydrogens (tertiary/aromatic N) is 4. The Morgan fingerprint density at radius 2 is 1.58 bits per heavy atom. The van der Waals surface area contributed by atoms with Gasteiger partial charge in [-0.2, -0.15) is 9.97 Å². The van der Waals surface area contributed by atoms with Crippen molar-refractivity contribution in [3.05, 3.63) is 119 Å². The van der Waals surface area contributed by atoms with Crippen LogP contribution in [0.2, 0.25) is 5.28 Å². The fourth-order valence-electron chi connectivity index (χ4n) is 5.85. The molecule has 1 aliphatic rings. The van der Waals surface area contributed by atoms with Gasteiger partial charge in [0.15, 0.2) is 17.0 Å². The summed E-state index contributed by atoms with van der Waals surface area (Å²) in [5.41, 5.74) is 4.14. The van der Waals surface area contributed by atoms with E-state index >= 15 is 0 Å². The standard InChI is InChI=1S/C34H35ClN6O4/c1-21(45-19-22-11-5-2-6-12-22)33(44)38-26-17-27(30(43)29(26)42)41-20-37-28-31(39-34(35)40-32(28)41)36-18-25(23-13-7-3-8-14-23)24-15-9-4-10-16-24/h2-16,20-21,25-27,29-30,42-43H,17-19H2,1H3,(H,38,44)(H,36,39,40)/t21?,26-,27+,29+,30-/m0/s1. The Hall–Kier alpha value is -4.35. The molecule has 0 radical (unpaired) electrons. The molecule has 2 heterocycles. The lowest BCUT2D eigenvalue weighted by Gasteiger charge is -2.20. The van der Waals surface area contributed by atoms with E-state index in [2.05, 4.69) is 49.9 Å². The highest BCUT2D eigenvalue weighted by Gasteiger charge is 2.44. The van der Waals surface area contributed by atoms with Gasteiger partial charge in [-0.3, -0.25) is 4.79 Å². The second-order valence-corrected chi connectivity index (χ2v) is 11.6. The molecule has 1 fully saturated rings. The largest absolute Gasteiger partial charge is 0.388 e. The van der Waals surface area contributed by atoms with Gasteiger partial charge in [-0.25, -0.2) is 4.98 Å². The van der Waals surface area contributed by atoms with Crippen molar-refractivity contribution in [2.45, 2.75) is 56.3 Å². The Kier molecular flexibility index (Phi) is 9.37. The molecule has 1 saturated carbocycles. The topological polar surface area (TPSA) is 134 Å². The molecular weight excluding hydrogens is 592 g/mol. The van der Waals surface area contributed by atoms with Crippen molar-refractivity contribution in [2.75, 3.05) is 11.9 Å². The van der Waals surface area contributed by atoms with Crippen LogP contribution in [0.3, 0.4) is 0 Å². The van der Waals surface area contributed by atoms with Crippen LogP contribution in [0.1, 0.15) is 42.0 Å². The molecule has 232 valence electrons. The summed E-state index contributed by atoms with van der Waals surface area (Å²) in [6.45, 7) is 2.46. The average Bonchev–Trinajstić information content (AvgIpc) is 3.61. The van der Waals surface area contributed by atoms with Crippen molar-refractivity contribution in [1.29, 1.82) is 0 Å². The van der Waals surface area contributed by atoms with Crippen molar-refractivity contribution in [2.24, 2.45) is 0 Å². The number of aliphatic hydroxyl groups excluding tert-OH is 2. The second kappa shape index (κ2) is 13.7. The summed E-state index contributed by atoms with van der Waals surface area (Å²) in [6.07, 6.45) is -1.33. The summed E-state index contributed by atoms with van der Waals surface area (Å²) in [4.78, 5) is 26.3. The van der Waals surface area contributed by atoms with E-state index in [9.17, 15) is 15.0 Å². The number of amides is 1. The lowest BCUT2D eigenvalue weighted by molar-refractivity contribution is -0.134. The molecule has 0 bridgehead atoms. The maximum absolute atomic E-state index is 12.9. The zero-order valence-corrected chi connectivity index (χ0v) is 25.5. The van der Waals surface area contributed by atoms with E-state index in [1.807, 2.05) is 66.7 Å². The van der Waals surface area contributed by atoms with Crippen LogP contribution < -0.4 is 10.6 Å². The Balaban J connectivity index is 1.17. The first kappa shape index (κ1) is 30.7. The van der Waals surface area contributed by atoms with Crippen LogP contribution in [0.15, 0.2) is 97.3 Å². The highest BCUT2D eigenvalue weighted by atomic mass is 35.5. The van der Waals surface area contributed by atoms with Crippen molar-refractivity contribution in [3.8, 4) is 0 Å². The number of benzene rings is 3. The molecule has 11 heteroatoms. The predicted molar refractivity (Wildman–Crippen MR) is 172 cm³/mol. The molecule has 1 unspecified atom stereocenters. The maximum Gasteiger partial charge on any atom is 0.249 e. The predicted octanol–water partition coefficient (Wildman–Crippen LogP) is 4.48. The zero-order valence-electron chi connectivity index (χ0n) is 24.7. The number of carbonyl (C=O) groups is 1. The number of hydrogen-bond donors (Lipinski definition) is 4. The van der Waals surface area contributed by atoms with Gasteiger partial charge >= 0.3 is 0 Å². The van der Waals surface area contributed by atoms with E-state index in [4.69, 9.17) is 16.3 Å². The van der Waals surface area contributed by atoms with E-state index < -0.39 is 30.4 Å². The van der Waals surface area contributed by atoms with E-state index in [1.165, 1.54) is 0 Å². The lowest BCUT2D eigenvalue weighted by Crippen LogP contribution is -2.46. The van der Waals surface area contributed by atoms with Gasteiger partial charge in [0.1, 0.15) is 18.3 Å². The van der Waals surface area contributed by atoms with E-state index in [-0.39, 0.29) is 30.1 Å². The number of aromatic nitrogens is 4. The molecule has 10 nitrogen and oxygen atoms in total. The van der Waals surface area contributed by atoms with Gasteiger partial charge in [0, 0.05) is 12.5 Å². The van der Waals surface area contributed by atoms with E-state index in [0.717, 1.165) is 16.7 Å². The molecule has 1 aliphatic carbocycles. The van der Waals surface area contributed by atoms with Crippen LogP contribution in [0.25, 0.3) is 11.2 Å². The third-order valence-electron chi connectivity index (χ3n) is 8.32. The molecule has 5 atom stereocenters. The SMILES string of the molecule is CC(OCc1ccccc1)C(=O)N[C@H]1C[C@@H](n2cnc3c(NCC(c4ccccc4)c4ccccc4)nc(Cl)nc32)[C@H](O)[C@@H]1O. The summed E-state index contributed by atoms with van der Waals surface area (Å²) in [5.74, 6) is 0.123. The number of anilines is 1. The molecule has 3 aromatic carbocycles. The van der Waals surface area contributed by atoms with Crippen LogP contribution in [-0.4, -0.2) is 66.5 Å². The van der Waals surface area contributed by atoms with Crippen LogP contribution in [0.4, 0.5) is 5.82 Å². The zero-order chi connectivity index (χ0) is 31.3. The quantitative estimate of drug-likeness (QED) is 0.158. The minimum Gasteiger partial charge on any atom is -0.388 e. The number of imidazole rings is 1. The lowest BCUT2D eigenvalue weighted by atomic mass is 9.91. The molecular formula is C34H35ClN6O4. The molecule has 1 amide bonds. The number of halogens is 1. The van der Waals surface area contributed by atoms with Gasteiger partial charge in [-0.15, -0.1) is 0 Å². The smallest absolute Gasteiger partial charge is 0.249 e. The van der Waals surface area contributed by atoms with Gasteiger partial charge < -0.3 is 30.2 Å². The molecule has 6 rings (SSSR count). The fraction of sp³-hybridized carbons (Fsp3) is 0.294. The van der Waals surface area contributed by atoms with Gasteiger partial charge in [0.2, 0.25) is 11.2 Å². The number of carbonyl (C=O) groups excluding carboxylic acids is 1. The van der Waals surface area contributed by atoms with Gasteiger partial charge in [0.05, 0.1) is 25.0 Å². The number of hydrogen-bond acceptors (Lipinski definition) is 8. The summed E-state index contributed by atoms with van der Waals surface area (Å²) in [6, 6.07) is 28.7. The van der Waals surface area contributed by atoms with E-state index in [1.54, 1.807) is 17.8 Å². The molecule has 0 aliphatic heterocycles.